The van der Waals surface area contributed by atoms with Gasteiger partial charge in [0.05, 0.1) is 12.2 Å². The van der Waals surface area contributed by atoms with E-state index in [2.05, 4.69) is 24.1 Å². The average molecular weight is 323 g/mol. The van der Waals surface area contributed by atoms with E-state index in [1.807, 2.05) is 0 Å². The molecule has 3 fully saturated rings. The lowest BCUT2D eigenvalue weighted by molar-refractivity contribution is -0.0286. The molecule has 0 bridgehead atoms. The molecule has 134 valence electrons. The topological polar surface area (TPSA) is 24.5 Å². The van der Waals surface area contributed by atoms with Gasteiger partial charge in [-0.1, -0.05) is 19.3 Å². The van der Waals surface area contributed by atoms with Crippen molar-refractivity contribution in [3.63, 3.8) is 0 Å². The minimum Gasteiger partial charge on any atom is -0.376 e. The number of ether oxygens (including phenoxy) is 1. The first-order valence-electron chi connectivity index (χ1n) is 10.4. The van der Waals surface area contributed by atoms with E-state index >= 15 is 0 Å². The Balaban J connectivity index is 1.34. The molecular formula is C20H38N2O. The Hall–Kier alpha value is -0.120. The number of nitrogens with one attached hydrogen (secondary N) is 1. The predicted molar refractivity (Wildman–Crippen MR) is 96.9 cm³/mol. The van der Waals surface area contributed by atoms with Crippen molar-refractivity contribution in [3.8, 4) is 0 Å². The van der Waals surface area contributed by atoms with Crippen LogP contribution in [0.4, 0.5) is 0 Å². The van der Waals surface area contributed by atoms with Crippen molar-refractivity contribution in [3.05, 3.63) is 0 Å². The van der Waals surface area contributed by atoms with Crippen LogP contribution < -0.4 is 5.32 Å². The molecule has 3 heteroatoms. The van der Waals surface area contributed by atoms with E-state index in [-0.39, 0.29) is 0 Å². The summed E-state index contributed by atoms with van der Waals surface area (Å²) in [5.74, 6) is 0. The molecule has 0 amide bonds. The third kappa shape index (κ3) is 5.44. The fraction of sp³-hybridized carbons (Fsp3) is 1.00. The van der Waals surface area contributed by atoms with Gasteiger partial charge in [0.25, 0.3) is 0 Å². The van der Waals surface area contributed by atoms with Crippen LogP contribution in [-0.2, 0) is 4.74 Å². The number of rotatable bonds is 5. The Kier molecular flexibility index (Phi) is 6.79. The minimum atomic E-state index is 0.387. The van der Waals surface area contributed by atoms with Gasteiger partial charge < -0.3 is 15.0 Å². The van der Waals surface area contributed by atoms with Crippen molar-refractivity contribution in [2.45, 2.75) is 115 Å². The monoisotopic (exact) mass is 322 g/mol. The highest BCUT2D eigenvalue weighted by atomic mass is 16.5. The van der Waals surface area contributed by atoms with Crippen molar-refractivity contribution in [1.82, 2.24) is 10.2 Å². The third-order valence-electron chi connectivity index (χ3n) is 6.23. The standard InChI is InChI=1S/C20H38N2O/c1-16(2)23-20-10-8-19(9-11-20)22-14-12-18(13-15-22)21-17-6-4-3-5-7-17/h16-21H,3-15H2,1-2H3. The quantitative estimate of drug-likeness (QED) is 0.824. The van der Waals surface area contributed by atoms with Gasteiger partial charge in [0, 0.05) is 18.1 Å². The summed E-state index contributed by atoms with van der Waals surface area (Å²) in [6.07, 6.45) is 16.0. The second kappa shape index (κ2) is 8.82. The van der Waals surface area contributed by atoms with Crippen LogP contribution in [0.2, 0.25) is 0 Å². The second-order valence-electron chi connectivity index (χ2n) is 8.43. The Morgan fingerprint density at radius 3 is 2.00 bits per heavy atom. The van der Waals surface area contributed by atoms with Crippen LogP contribution in [0.15, 0.2) is 0 Å². The fourth-order valence-electron chi connectivity index (χ4n) is 4.97. The summed E-state index contributed by atoms with van der Waals surface area (Å²) in [5.41, 5.74) is 0. The van der Waals surface area contributed by atoms with Crippen molar-refractivity contribution in [2.24, 2.45) is 0 Å². The molecule has 0 aromatic heterocycles. The van der Waals surface area contributed by atoms with Gasteiger partial charge in [-0.3, -0.25) is 0 Å². The molecule has 0 atom stereocenters. The Morgan fingerprint density at radius 2 is 1.39 bits per heavy atom. The molecule has 23 heavy (non-hydrogen) atoms. The number of nitrogens with zero attached hydrogens (tertiary/aromatic N) is 1. The van der Waals surface area contributed by atoms with Crippen LogP contribution in [-0.4, -0.2) is 48.3 Å². The van der Waals surface area contributed by atoms with E-state index in [0.717, 1.165) is 18.1 Å². The second-order valence-corrected chi connectivity index (χ2v) is 8.43. The van der Waals surface area contributed by atoms with Gasteiger partial charge in [-0.05, 0) is 78.3 Å². The third-order valence-corrected chi connectivity index (χ3v) is 6.23. The van der Waals surface area contributed by atoms with E-state index in [0.29, 0.717) is 12.2 Å². The zero-order valence-electron chi connectivity index (χ0n) is 15.4. The molecule has 1 saturated heterocycles. The van der Waals surface area contributed by atoms with E-state index in [1.54, 1.807) is 0 Å². The molecule has 1 heterocycles. The van der Waals surface area contributed by atoms with Crippen molar-refractivity contribution in [1.29, 1.82) is 0 Å². The van der Waals surface area contributed by atoms with Crippen LogP contribution in [0.3, 0.4) is 0 Å². The number of piperidine rings is 1. The maximum Gasteiger partial charge on any atom is 0.0579 e. The van der Waals surface area contributed by atoms with Gasteiger partial charge in [-0.25, -0.2) is 0 Å². The van der Waals surface area contributed by atoms with Crippen LogP contribution in [0.1, 0.15) is 84.5 Å². The Labute approximate surface area is 143 Å². The Morgan fingerprint density at radius 1 is 0.783 bits per heavy atom. The van der Waals surface area contributed by atoms with Gasteiger partial charge in [0.1, 0.15) is 0 Å². The van der Waals surface area contributed by atoms with Crippen LogP contribution in [0, 0.1) is 0 Å². The van der Waals surface area contributed by atoms with Gasteiger partial charge in [-0.15, -0.1) is 0 Å². The smallest absolute Gasteiger partial charge is 0.0579 e. The highest BCUT2D eigenvalue weighted by molar-refractivity contribution is 4.87. The highest BCUT2D eigenvalue weighted by Gasteiger charge is 2.30. The summed E-state index contributed by atoms with van der Waals surface area (Å²) in [4.78, 5) is 2.78. The highest BCUT2D eigenvalue weighted by Crippen LogP contribution is 2.28. The molecule has 0 unspecified atom stereocenters. The maximum absolute atomic E-state index is 6.00. The first kappa shape index (κ1) is 17.7. The summed E-state index contributed by atoms with van der Waals surface area (Å²) < 4.78 is 6.00. The van der Waals surface area contributed by atoms with Crippen molar-refractivity contribution >= 4 is 0 Å². The lowest BCUT2D eigenvalue weighted by Crippen LogP contribution is -2.50. The molecule has 0 aromatic rings. The molecular weight excluding hydrogens is 284 g/mol. The summed E-state index contributed by atoms with van der Waals surface area (Å²) in [6, 6.07) is 2.44. The predicted octanol–water partition coefficient (Wildman–Crippen LogP) is 4.11. The molecule has 0 radical (unpaired) electrons. The molecule has 1 N–H and O–H groups in total. The molecule has 0 spiro atoms. The summed E-state index contributed by atoms with van der Waals surface area (Å²) in [6.45, 7) is 6.95. The largest absolute Gasteiger partial charge is 0.376 e. The first-order chi connectivity index (χ1) is 11.2. The van der Waals surface area contributed by atoms with Crippen molar-refractivity contribution in [2.75, 3.05) is 13.1 Å². The van der Waals surface area contributed by atoms with Crippen LogP contribution >= 0.6 is 0 Å². The molecule has 3 rings (SSSR count). The summed E-state index contributed by atoms with van der Waals surface area (Å²) >= 11 is 0. The number of likely N-dealkylation sites (tertiary alicyclic amines) is 1. The SMILES string of the molecule is CC(C)OC1CCC(N2CCC(NC3CCCCC3)CC2)CC1. The molecule has 2 saturated carbocycles. The average Bonchev–Trinajstić information content (AvgIpc) is 2.57. The molecule has 3 aliphatic rings. The Bertz CT molecular complexity index is 325. The van der Waals surface area contributed by atoms with E-state index < -0.39 is 0 Å². The first-order valence-corrected chi connectivity index (χ1v) is 10.4. The van der Waals surface area contributed by atoms with Gasteiger partial charge in [-0.2, -0.15) is 0 Å². The van der Waals surface area contributed by atoms with E-state index in [1.165, 1.54) is 83.7 Å². The zero-order chi connectivity index (χ0) is 16.1. The van der Waals surface area contributed by atoms with Gasteiger partial charge >= 0.3 is 0 Å². The molecule has 1 aliphatic heterocycles. The fourth-order valence-corrected chi connectivity index (χ4v) is 4.97. The number of hydrogen-bond donors (Lipinski definition) is 1. The number of hydrogen-bond acceptors (Lipinski definition) is 3. The summed E-state index contributed by atoms with van der Waals surface area (Å²) in [7, 11) is 0. The summed E-state index contributed by atoms with van der Waals surface area (Å²) in [5, 5.41) is 3.96. The molecule has 0 aromatic carbocycles. The zero-order valence-corrected chi connectivity index (χ0v) is 15.4. The maximum atomic E-state index is 6.00. The molecule has 2 aliphatic carbocycles. The van der Waals surface area contributed by atoms with E-state index in [4.69, 9.17) is 4.74 Å². The lowest BCUT2D eigenvalue weighted by Gasteiger charge is -2.42. The van der Waals surface area contributed by atoms with Gasteiger partial charge in [0.15, 0.2) is 0 Å². The minimum absolute atomic E-state index is 0.387. The normalized spacial score (nSPS) is 32.5. The lowest BCUT2D eigenvalue weighted by atomic mass is 9.89. The van der Waals surface area contributed by atoms with Crippen LogP contribution in [0.5, 0.6) is 0 Å². The van der Waals surface area contributed by atoms with Crippen molar-refractivity contribution < 1.29 is 4.74 Å². The van der Waals surface area contributed by atoms with Gasteiger partial charge in [0.2, 0.25) is 0 Å². The van der Waals surface area contributed by atoms with Crippen LogP contribution in [0.25, 0.3) is 0 Å². The van der Waals surface area contributed by atoms with E-state index in [9.17, 15) is 0 Å². The molecule has 3 nitrogen and oxygen atoms in total.